The average Bonchev–Trinajstić information content (AvgIpc) is 2.51. The summed E-state index contributed by atoms with van der Waals surface area (Å²) in [5.74, 6) is -1.00. The first-order valence-corrected chi connectivity index (χ1v) is 7.53. The summed E-state index contributed by atoms with van der Waals surface area (Å²) < 4.78 is 33.7. The van der Waals surface area contributed by atoms with E-state index in [-0.39, 0.29) is 28.3 Å². The van der Waals surface area contributed by atoms with Crippen LogP contribution in [0.1, 0.15) is 26.3 Å². The van der Waals surface area contributed by atoms with Crippen molar-refractivity contribution in [3.05, 3.63) is 29.3 Å². The quantitative estimate of drug-likeness (QED) is 0.464. The summed E-state index contributed by atoms with van der Waals surface area (Å²) in [6.45, 7) is 9.46. The predicted octanol–water partition coefficient (Wildman–Crippen LogP) is 4.39. The lowest BCUT2D eigenvalue weighted by atomic mass is 10.1. The van der Waals surface area contributed by atoms with Crippen LogP contribution in [0.3, 0.4) is 0 Å². The number of fused-ring (bicyclic) bond motifs is 1. The summed E-state index contributed by atoms with van der Waals surface area (Å²) in [7, 11) is 0. The monoisotopic (exact) mass is 341 g/mol. The lowest BCUT2D eigenvalue weighted by molar-refractivity contribution is 0.287. The molecule has 4 nitrogen and oxygen atoms in total. The Bertz CT molecular complexity index is 682. The van der Waals surface area contributed by atoms with E-state index in [1.165, 1.54) is 13.0 Å². The molecule has 0 aliphatic carbocycles. The van der Waals surface area contributed by atoms with Crippen LogP contribution in [0.5, 0.6) is 5.75 Å². The third kappa shape index (κ3) is 3.69. The Labute approximate surface area is 139 Å². The second-order valence-electron chi connectivity index (χ2n) is 5.36. The van der Waals surface area contributed by atoms with Crippen LogP contribution in [-0.2, 0) is 0 Å². The normalized spacial score (nSPS) is 16.0. The van der Waals surface area contributed by atoms with Gasteiger partial charge in [0.15, 0.2) is 11.6 Å². The minimum absolute atomic E-state index is 0.0848. The molecule has 0 aromatic heterocycles. The smallest absolute Gasteiger partial charge is 0.222 e. The van der Waals surface area contributed by atoms with Crippen molar-refractivity contribution < 1.29 is 13.5 Å². The van der Waals surface area contributed by atoms with Gasteiger partial charge in [0.1, 0.15) is 18.1 Å². The van der Waals surface area contributed by atoms with E-state index in [0.29, 0.717) is 18.8 Å². The van der Waals surface area contributed by atoms with Gasteiger partial charge in [-0.1, -0.05) is 0 Å². The first kappa shape index (κ1) is 17.4. The molecule has 124 valence electrons. The third-order valence-corrected chi connectivity index (χ3v) is 3.67. The Morgan fingerprint density at radius 3 is 2.70 bits per heavy atom. The number of benzene rings is 1. The molecule has 0 saturated heterocycles. The number of allylic oxidation sites excluding steroid dienone is 1. The molecule has 23 heavy (non-hydrogen) atoms. The van der Waals surface area contributed by atoms with Crippen molar-refractivity contribution in [3.8, 4) is 5.75 Å². The molecule has 2 rings (SSSR count). The van der Waals surface area contributed by atoms with Gasteiger partial charge in [-0.25, -0.2) is 18.8 Å². The molecule has 0 radical (unpaired) electrons. The zero-order valence-corrected chi connectivity index (χ0v) is 14.0. The summed E-state index contributed by atoms with van der Waals surface area (Å²) in [4.78, 5) is 9.27. The Balaban J connectivity index is 2.61. The first-order valence-electron chi connectivity index (χ1n) is 7.15. The van der Waals surface area contributed by atoms with Crippen LogP contribution in [0.2, 0.25) is 0 Å². The van der Waals surface area contributed by atoms with Gasteiger partial charge in [-0.2, -0.15) is 0 Å². The number of nitrogens with zero attached hydrogens (tertiary/aromatic N) is 3. The first-order chi connectivity index (χ1) is 10.8. The van der Waals surface area contributed by atoms with Gasteiger partial charge in [0.05, 0.1) is 12.2 Å². The van der Waals surface area contributed by atoms with E-state index in [2.05, 4.69) is 16.7 Å². The Kier molecular flexibility index (Phi) is 5.36. The number of halogens is 3. The van der Waals surface area contributed by atoms with Gasteiger partial charge >= 0.3 is 0 Å². The van der Waals surface area contributed by atoms with Crippen LogP contribution >= 0.6 is 11.6 Å². The molecular weight excluding hydrogens is 324 g/mol. The fourth-order valence-electron chi connectivity index (χ4n) is 2.44. The third-order valence-electron chi connectivity index (χ3n) is 3.47. The maximum atomic E-state index is 14.4. The second kappa shape index (κ2) is 7.08. The molecule has 1 aromatic carbocycles. The molecule has 0 amide bonds. The van der Waals surface area contributed by atoms with E-state index in [1.54, 1.807) is 6.07 Å². The Morgan fingerprint density at radius 1 is 1.43 bits per heavy atom. The van der Waals surface area contributed by atoms with Gasteiger partial charge in [-0.15, -0.1) is 0 Å². The van der Waals surface area contributed by atoms with Crippen LogP contribution in [-0.4, -0.2) is 31.2 Å². The molecule has 0 atom stereocenters. The molecule has 7 heteroatoms. The van der Waals surface area contributed by atoms with E-state index in [4.69, 9.17) is 16.3 Å². The number of anilines is 1. The number of rotatable bonds is 3. The predicted molar refractivity (Wildman–Crippen MR) is 90.9 cm³/mol. The second-order valence-corrected chi connectivity index (χ2v) is 5.70. The molecule has 0 spiro atoms. The highest BCUT2D eigenvalue weighted by atomic mass is 35.5. The SMILES string of the molecule is C=NC(Cl)=N/C(=C(\C)F)c1cc(F)c2c(c1)N(C(C)C)CCO2. The van der Waals surface area contributed by atoms with Gasteiger partial charge in [0.2, 0.25) is 5.29 Å². The van der Waals surface area contributed by atoms with Crippen LogP contribution in [0.25, 0.3) is 5.70 Å². The van der Waals surface area contributed by atoms with Crippen molar-refractivity contribution >= 4 is 35.0 Å². The molecule has 0 saturated carbocycles. The number of amidine groups is 1. The number of ether oxygens (including phenoxy) is 1. The topological polar surface area (TPSA) is 37.2 Å². The highest BCUT2D eigenvalue weighted by Gasteiger charge is 2.25. The van der Waals surface area contributed by atoms with Crippen molar-refractivity contribution in [1.82, 2.24) is 0 Å². The molecule has 1 aliphatic rings. The van der Waals surface area contributed by atoms with Crippen molar-refractivity contribution in [2.24, 2.45) is 9.98 Å². The van der Waals surface area contributed by atoms with Crippen molar-refractivity contribution in [2.75, 3.05) is 18.1 Å². The van der Waals surface area contributed by atoms with Gasteiger partial charge in [-0.3, -0.25) is 0 Å². The number of hydrogen-bond acceptors (Lipinski definition) is 3. The minimum Gasteiger partial charge on any atom is -0.486 e. The van der Waals surface area contributed by atoms with Crippen LogP contribution in [0.4, 0.5) is 14.5 Å². The maximum Gasteiger partial charge on any atom is 0.222 e. The summed E-state index contributed by atoms with van der Waals surface area (Å²) in [5, 5.41) is -0.216. The fraction of sp³-hybridized carbons (Fsp3) is 0.375. The highest BCUT2D eigenvalue weighted by molar-refractivity contribution is 6.65. The van der Waals surface area contributed by atoms with E-state index in [9.17, 15) is 8.78 Å². The lowest BCUT2D eigenvalue weighted by Gasteiger charge is -2.34. The molecule has 0 unspecified atom stereocenters. The molecule has 1 heterocycles. The van der Waals surface area contributed by atoms with E-state index >= 15 is 0 Å². The van der Waals surface area contributed by atoms with E-state index in [1.807, 2.05) is 18.7 Å². The minimum atomic E-state index is -0.598. The molecule has 0 fully saturated rings. The van der Waals surface area contributed by atoms with Gasteiger partial charge in [-0.05, 0) is 51.2 Å². The standard InChI is InChI=1S/C16H18ClF2N3O/c1-9(2)22-5-6-23-15-12(19)7-11(8-13(15)22)14(10(3)18)21-16(17)20-4/h7-9H,4-6H2,1-3H3/b14-10+,21-16?. The van der Waals surface area contributed by atoms with Crippen LogP contribution in [0.15, 0.2) is 27.9 Å². The summed E-state index contributed by atoms with van der Waals surface area (Å²) >= 11 is 5.71. The van der Waals surface area contributed by atoms with Crippen molar-refractivity contribution in [3.63, 3.8) is 0 Å². The van der Waals surface area contributed by atoms with Gasteiger partial charge < -0.3 is 9.64 Å². The van der Waals surface area contributed by atoms with E-state index < -0.39 is 11.6 Å². The van der Waals surface area contributed by atoms with Crippen LogP contribution < -0.4 is 9.64 Å². The fourth-order valence-corrected chi connectivity index (χ4v) is 2.53. The van der Waals surface area contributed by atoms with Crippen LogP contribution in [0, 0.1) is 5.82 Å². The van der Waals surface area contributed by atoms with Crippen molar-refractivity contribution in [1.29, 1.82) is 0 Å². The molecule has 0 bridgehead atoms. The number of aliphatic imine (C=N–C) groups is 2. The zero-order valence-electron chi connectivity index (χ0n) is 13.2. The van der Waals surface area contributed by atoms with Gasteiger partial charge in [0.25, 0.3) is 0 Å². The average molecular weight is 342 g/mol. The summed E-state index contributed by atoms with van der Waals surface area (Å²) in [6, 6.07) is 2.97. The van der Waals surface area contributed by atoms with Gasteiger partial charge in [0, 0.05) is 11.6 Å². The largest absolute Gasteiger partial charge is 0.486 e. The zero-order chi connectivity index (χ0) is 17.1. The Morgan fingerprint density at radius 2 is 2.13 bits per heavy atom. The Hall–Kier alpha value is -1.95. The van der Waals surface area contributed by atoms with Crippen molar-refractivity contribution in [2.45, 2.75) is 26.8 Å². The lowest BCUT2D eigenvalue weighted by Crippen LogP contribution is -2.38. The summed E-state index contributed by atoms with van der Waals surface area (Å²) in [5.41, 5.74) is 0.746. The molecular formula is C16H18ClF2N3O. The molecule has 1 aromatic rings. The molecule has 0 N–H and O–H groups in total. The molecule has 1 aliphatic heterocycles. The number of hydrogen-bond donors (Lipinski definition) is 0. The highest BCUT2D eigenvalue weighted by Crippen LogP contribution is 2.39. The van der Waals surface area contributed by atoms with E-state index in [0.717, 1.165) is 0 Å². The maximum absolute atomic E-state index is 14.4. The summed E-state index contributed by atoms with van der Waals surface area (Å²) in [6.07, 6.45) is 0.